The van der Waals surface area contributed by atoms with Crippen molar-refractivity contribution in [3.8, 4) is 0 Å². The Hall–Kier alpha value is -1.81. The predicted octanol–water partition coefficient (Wildman–Crippen LogP) is 3.25. The molecule has 4 heteroatoms. The third-order valence-corrected chi connectivity index (χ3v) is 3.74. The summed E-state index contributed by atoms with van der Waals surface area (Å²) in [6.45, 7) is 2.42. The van der Waals surface area contributed by atoms with Crippen LogP contribution in [0.2, 0.25) is 0 Å². The molecule has 18 heavy (non-hydrogen) atoms. The maximum atomic E-state index is 11.8. The number of nitrogens with two attached hydrogens (primary N) is 1. The molecule has 0 radical (unpaired) electrons. The van der Waals surface area contributed by atoms with Gasteiger partial charge in [0.25, 0.3) is 0 Å². The smallest absolute Gasteiger partial charge is 0.338 e. The van der Waals surface area contributed by atoms with E-state index >= 15 is 0 Å². The van der Waals surface area contributed by atoms with Crippen molar-refractivity contribution in [2.45, 2.75) is 20.0 Å². The lowest BCUT2D eigenvalue weighted by molar-refractivity contribution is 0.0477. The predicted molar refractivity (Wildman–Crippen MR) is 73.7 cm³/mol. The van der Waals surface area contributed by atoms with E-state index in [9.17, 15) is 4.79 Å². The van der Waals surface area contributed by atoms with Crippen molar-refractivity contribution < 1.29 is 9.53 Å². The second-order valence-electron chi connectivity index (χ2n) is 3.92. The minimum atomic E-state index is -0.339. The van der Waals surface area contributed by atoms with Crippen LogP contribution in [0.3, 0.4) is 0 Å². The Morgan fingerprint density at radius 1 is 1.28 bits per heavy atom. The summed E-state index contributed by atoms with van der Waals surface area (Å²) >= 11 is 1.67. The Balaban J connectivity index is 1.96. The van der Waals surface area contributed by atoms with Gasteiger partial charge < -0.3 is 10.5 Å². The number of carbonyl (C=O) groups excluding carboxylic acids is 1. The van der Waals surface area contributed by atoms with Crippen molar-refractivity contribution >= 4 is 23.0 Å². The molecule has 0 saturated carbocycles. The molecule has 0 unspecified atom stereocenters. The van der Waals surface area contributed by atoms with E-state index in [0.717, 1.165) is 11.3 Å². The lowest BCUT2D eigenvalue weighted by Gasteiger charge is -2.03. The van der Waals surface area contributed by atoms with Gasteiger partial charge >= 0.3 is 5.97 Å². The van der Waals surface area contributed by atoms with Crippen LogP contribution >= 0.6 is 11.3 Å². The van der Waals surface area contributed by atoms with E-state index in [1.54, 1.807) is 35.6 Å². The molecule has 0 atom stereocenters. The average Bonchev–Trinajstić information content (AvgIpc) is 2.84. The summed E-state index contributed by atoms with van der Waals surface area (Å²) in [5.41, 5.74) is 6.67. The maximum Gasteiger partial charge on any atom is 0.338 e. The van der Waals surface area contributed by atoms with Gasteiger partial charge in [-0.1, -0.05) is 13.0 Å². The van der Waals surface area contributed by atoms with Gasteiger partial charge in [-0.05, 0) is 36.8 Å². The van der Waals surface area contributed by atoms with Gasteiger partial charge in [-0.2, -0.15) is 0 Å². The molecule has 3 nitrogen and oxygen atoms in total. The Morgan fingerprint density at radius 3 is 2.72 bits per heavy atom. The van der Waals surface area contributed by atoms with Gasteiger partial charge in [0.1, 0.15) is 6.61 Å². The fourth-order valence-corrected chi connectivity index (χ4v) is 2.45. The zero-order valence-corrected chi connectivity index (χ0v) is 11.0. The van der Waals surface area contributed by atoms with Gasteiger partial charge in [0.15, 0.2) is 0 Å². The Kier molecular flexibility index (Phi) is 3.99. The number of ether oxygens (including phenoxy) is 1. The summed E-state index contributed by atoms with van der Waals surface area (Å²) in [5.74, 6) is -0.339. The molecular weight excluding hydrogens is 246 g/mol. The highest BCUT2D eigenvalue weighted by Crippen LogP contribution is 2.18. The van der Waals surface area contributed by atoms with Crippen LogP contribution < -0.4 is 5.73 Å². The van der Waals surface area contributed by atoms with Crippen LogP contribution in [-0.2, 0) is 17.8 Å². The molecule has 0 bridgehead atoms. The van der Waals surface area contributed by atoms with Crippen LogP contribution in [-0.4, -0.2) is 5.97 Å². The fraction of sp³-hybridized carbons (Fsp3) is 0.214. The van der Waals surface area contributed by atoms with Crippen LogP contribution in [0.5, 0.6) is 0 Å². The first-order chi connectivity index (χ1) is 8.69. The highest BCUT2D eigenvalue weighted by molar-refractivity contribution is 7.11. The second-order valence-corrected chi connectivity index (χ2v) is 5.18. The van der Waals surface area contributed by atoms with Crippen LogP contribution in [0.15, 0.2) is 36.4 Å². The van der Waals surface area contributed by atoms with Gasteiger partial charge in [-0.25, -0.2) is 4.79 Å². The first-order valence-corrected chi connectivity index (χ1v) is 6.61. The maximum absolute atomic E-state index is 11.8. The number of hydrogen-bond acceptors (Lipinski definition) is 4. The largest absolute Gasteiger partial charge is 0.456 e. The van der Waals surface area contributed by atoms with E-state index in [4.69, 9.17) is 10.5 Å². The SMILES string of the molecule is CCc1ccc(COC(=O)c2cccc(N)c2)s1. The standard InChI is InChI=1S/C14H15NO2S/c1-2-12-6-7-13(18-12)9-17-14(16)10-4-3-5-11(15)8-10/h3-8H,2,9,15H2,1H3. The Labute approximate surface area is 110 Å². The summed E-state index contributed by atoms with van der Waals surface area (Å²) < 4.78 is 5.24. The summed E-state index contributed by atoms with van der Waals surface area (Å²) in [4.78, 5) is 14.1. The molecule has 0 fully saturated rings. The first kappa shape index (κ1) is 12.6. The quantitative estimate of drug-likeness (QED) is 0.679. The summed E-state index contributed by atoms with van der Waals surface area (Å²) in [7, 11) is 0. The Morgan fingerprint density at radius 2 is 2.06 bits per heavy atom. The lowest BCUT2D eigenvalue weighted by atomic mass is 10.2. The number of hydrogen-bond donors (Lipinski definition) is 1. The van der Waals surface area contributed by atoms with E-state index in [2.05, 4.69) is 13.0 Å². The van der Waals surface area contributed by atoms with E-state index in [0.29, 0.717) is 17.9 Å². The van der Waals surface area contributed by atoms with E-state index in [-0.39, 0.29) is 5.97 Å². The van der Waals surface area contributed by atoms with Gasteiger partial charge in [0.2, 0.25) is 0 Å². The van der Waals surface area contributed by atoms with E-state index < -0.39 is 0 Å². The zero-order valence-electron chi connectivity index (χ0n) is 10.2. The molecule has 1 heterocycles. The van der Waals surface area contributed by atoms with Crippen LogP contribution in [0, 0.1) is 0 Å². The number of benzene rings is 1. The third-order valence-electron chi connectivity index (χ3n) is 2.53. The Bertz CT molecular complexity index is 548. The number of carbonyl (C=O) groups is 1. The number of thiophene rings is 1. The highest BCUT2D eigenvalue weighted by Gasteiger charge is 2.08. The number of anilines is 1. The van der Waals surface area contributed by atoms with Gasteiger partial charge in [-0.3, -0.25) is 0 Å². The molecule has 0 aliphatic heterocycles. The molecule has 0 amide bonds. The molecule has 2 N–H and O–H groups in total. The molecule has 0 aliphatic rings. The minimum absolute atomic E-state index is 0.318. The normalized spacial score (nSPS) is 10.3. The molecule has 94 valence electrons. The molecule has 0 aliphatic carbocycles. The fourth-order valence-electron chi connectivity index (χ4n) is 1.58. The minimum Gasteiger partial charge on any atom is -0.456 e. The van der Waals surface area contributed by atoms with Crippen LogP contribution in [0.1, 0.15) is 27.0 Å². The molecule has 2 rings (SSSR count). The molecule has 1 aromatic carbocycles. The molecular formula is C14H15NO2S. The van der Waals surface area contributed by atoms with Crippen molar-refractivity contribution in [1.29, 1.82) is 0 Å². The number of aryl methyl sites for hydroxylation is 1. The molecule has 1 aromatic heterocycles. The van der Waals surface area contributed by atoms with Crippen molar-refractivity contribution in [3.05, 3.63) is 51.7 Å². The third kappa shape index (κ3) is 3.11. The lowest BCUT2D eigenvalue weighted by Crippen LogP contribution is -2.04. The van der Waals surface area contributed by atoms with Crippen LogP contribution in [0.4, 0.5) is 5.69 Å². The average molecular weight is 261 g/mol. The van der Waals surface area contributed by atoms with Gasteiger partial charge in [0, 0.05) is 15.4 Å². The molecule has 2 aromatic rings. The number of esters is 1. The molecule has 0 spiro atoms. The van der Waals surface area contributed by atoms with Crippen LogP contribution in [0.25, 0.3) is 0 Å². The van der Waals surface area contributed by atoms with Gasteiger partial charge in [-0.15, -0.1) is 11.3 Å². The van der Waals surface area contributed by atoms with Crippen molar-refractivity contribution in [2.75, 3.05) is 5.73 Å². The zero-order chi connectivity index (χ0) is 13.0. The number of nitrogen functional groups attached to an aromatic ring is 1. The monoisotopic (exact) mass is 261 g/mol. The van der Waals surface area contributed by atoms with Crippen molar-refractivity contribution in [2.24, 2.45) is 0 Å². The van der Waals surface area contributed by atoms with E-state index in [1.165, 1.54) is 4.88 Å². The second kappa shape index (κ2) is 5.69. The number of rotatable bonds is 4. The highest BCUT2D eigenvalue weighted by atomic mass is 32.1. The summed E-state index contributed by atoms with van der Waals surface area (Å²) in [5, 5.41) is 0. The molecule has 0 saturated heterocycles. The van der Waals surface area contributed by atoms with Crippen molar-refractivity contribution in [3.63, 3.8) is 0 Å². The topological polar surface area (TPSA) is 52.3 Å². The van der Waals surface area contributed by atoms with Gasteiger partial charge in [0.05, 0.1) is 5.56 Å². The van der Waals surface area contributed by atoms with Crippen molar-refractivity contribution in [1.82, 2.24) is 0 Å². The first-order valence-electron chi connectivity index (χ1n) is 5.79. The van der Waals surface area contributed by atoms with E-state index in [1.807, 2.05) is 6.07 Å². The summed E-state index contributed by atoms with van der Waals surface area (Å²) in [6, 6.07) is 10.9. The summed E-state index contributed by atoms with van der Waals surface area (Å²) in [6.07, 6.45) is 1.01.